The molecule has 1 unspecified atom stereocenters. The van der Waals surface area contributed by atoms with E-state index < -0.39 is 17.8 Å². The van der Waals surface area contributed by atoms with E-state index in [2.05, 4.69) is 37.2 Å². The number of anilines is 1. The predicted molar refractivity (Wildman–Crippen MR) is 115 cm³/mol. The highest BCUT2D eigenvalue weighted by Crippen LogP contribution is 2.40. The first kappa shape index (κ1) is 26.8. The molecule has 0 saturated carbocycles. The van der Waals surface area contributed by atoms with Crippen LogP contribution in [0, 0.1) is 5.92 Å². The fourth-order valence-electron chi connectivity index (χ4n) is 2.69. The molecule has 0 aromatic heterocycles. The standard InChI is InChI=1S/C18H33N2O8PS/c1-6-19(7-2)17(13-26-12-15(3)4)14-27-18-10-8-16(9-11-18)20(30(5,24)25)28-29(21,22)23/h8-11,15,17H,6-7,12-14H2,1-5H3,(H2,21,22,23). The molecular weight excluding hydrogens is 435 g/mol. The van der Waals surface area contributed by atoms with Gasteiger partial charge < -0.3 is 19.3 Å². The largest absolute Gasteiger partial charge is 0.492 e. The van der Waals surface area contributed by atoms with Crippen molar-refractivity contribution in [2.24, 2.45) is 5.92 Å². The lowest BCUT2D eigenvalue weighted by atomic mass is 10.2. The molecule has 1 rings (SSSR count). The quantitative estimate of drug-likeness (QED) is 0.312. The normalized spacial score (nSPS) is 13.6. The van der Waals surface area contributed by atoms with Crippen molar-refractivity contribution in [1.29, 1.82) is 0 Å². The SMILES string of the molecule is CCN(CC)C(COCC(C)C)COc1ccc(N(OP(=O)(O)O)S(C)(=O)=O)cc1. The first-order valence-electron chi connectivity index (χ1n) is 9.67. The lowest BCUT2D eigenvalue weighted by molar-refractivity contribution is 0.0303. The Balaban J connectivity index is 2.86. The lowest BCUT2D eigenvalue weighted by Gasteiger charge is -2.29. The van der Waals surface area contributed by atoms with Gasteiger partial charge in [-0.15, -0.1) is 4.47 Å². The van der Waals surface area contributed by atoms with Crippen LogP contribution < -0.4 is 9.21 Å². The summed E-state index contributed by atoms with van der Waals surface area (Å²) in [5.41, 5.74) is -0.0614. The summed E-state index contributed by atoms with van der Waals surface area (Å²) < 4.78 is 50.8. The van der Waals surface area contributed by atoms with Gasteiger partial charge in [-0.3, -0.25) is 4.90 Å². The molecule has 30 heavy (non-hydrogen) atoms. The second-order valence-corrected chi connectivity index (χ2v) is 10.1. The molecule has 1 aromatic rings. The summed E-state index contributed by atoms with van der Waals surface area (Å²) in [6.07, 6.45) is 0.777. The minimum Gasteiger partial charge on any atom is -0.492 e. The Hall–Kier alpha value is -1.20. The Labute approximate surface area is 179 Å². The maximum absolute atomic E-state index is 11.8. The fraction of sp³-hybridized carbons (Fsp3) is 0.667. The molecule has 0 saturated heterocycles. The average Bonchev–Trinajstić information content (AvgIpc) is 2.63. The molecular formula is C18H33N2O8PS. The second-order valence-electron chi connectivity index (χ2n) is 7.17. The van der Waals surface area contributed by atoms with Gasteiger partial charge in [-0.2, -0.15) is 4.62 Å². The minimum absolute atomic E-state index is 0.0453. The molecule has 0 radical (unpaired) electrons. The van der Waals surface area contributed by atoms with Gasteiger partial charge >= 0.3 is 7.82 Å². The number of likely N-dealkylation sites (N-methyl/N-ethyl adjacent to an activating group) is 1. The van der Waals surface area contributed by atoms with Crippen molar-refractivity contribution in [3.63, 3.8) is 0 Å². The lowest BCUT2D eigenvalue weighted by Crippen LogP contribution is -2.42. The van der Waals surface area contributed by atoms with Gasteiger partial charge in [0.2, 0.25) is 0 Å². The third kappa shape index (κ3) is 9.74. The Bertz CT molecular complexity index is 778. The van der Waals surface area contributed by atoms with Crippen molar-refractivity contribution in [1.82, 2.24) is 4.90 Å². The van der Waals surface area contributed by atoms with Crippen LogP contribution in [0.3, 0.4) is 0 Å². The van der Waals surface area contributed by atoms with E-state index in [1.54, 1.807) is 0 Å². The topological polar surface area (TPSA) is 126 Å². The van der Waals surface area contributed by atoms with Gasteiger partial charge in [0.25, 0.3) is 10.0 Å². The highest BCUT2D eigenvalue weighted by Gasteiger charge is 2.28. The molecule has 0 amide bonds. The van der Waals surface area contributed by atoms with Crippen molar-refractivity contribution in [2.75, 3.05) is 43.6 Å². The second kappa shape index (κ2) is 12.0. The van der Waals surface area contributed by atoms with E-state index in [1.807, 2.05) is 0 Å². The van der Waals surface area contributed by atoms with Crippen molar-refractivity contribution in [3.05, 3.63) is 24.3 Å². The fourth-order valence-corrected chi connectivity index (χ4v) is 4.23. The van der Waals surface area contributed by atoms with Gasteiger partial charge in [0.15, 0.2) is 0 Å². The summed E-state index contributed by atoms with van der Waals surface area (Å²) in [6, 6.07) is 5.74. The minimum atomic E-state index is -5.06. The molecule has 174 valence electrons. The van der Waals surface area contributed by atoms with Crippen LogP contribution in [0.1, 0.15) is 27.7 Å². The zero-order valence-corrected chi connectivity index (χ0v) is 19.8. The van der Waals surface area contributed by atoms with Crippen molar-refractivity contribution in [3.8, 4) is 5.75 Å². The molecule has 0 aliphatic carbocycles. The van der Waals surface area contributed by atoms with Crippen LogP contribution in [0.2, 0.25) is 0 Å². The predicted octanol–water partition coefficient (Wildman–Crippen LogP) is 2.24. The summed E-state index contributed by atoms with van der Waals surface area (Å²) >= 11 is 0. The van der Waals surface area contributed by atoms with Crippen LogP contribution in [0.25, 0.3) is 0 Å². The van der Waals surface area contributed by atoms with Gasteiger partial charge in [0.05, 0.1) is 24.6 Å². The molecule has 0 fully saturated rings. The number of sulfonamides is 1. The zero-order valence-electron chi connectivity index (χ0n) is 18.1. The van der Waals surface area contributed by atoms with E-state index >= 15 is 0 Å². The first-order valence-corrected chi connectivity index (χ1v) is 13.0. The van der Waals surface area contributed by atoms with E-state index in [0.717, 1.165) is 19.3 Å². The van der Waals surface area contributed by atoms with Crippen molar-refractivity contribution in [2.45, 2.75) is 33.7 Å². The van der Waals surface area contributed by atoms with Crippen LogP contribution >= 0.6 is 7.82 Å². The molecule has 2 N–H and O–H groups in total. The molecule has 0 bridgehead atoms. The van der Waals surface area contributed by atoms with E-state index in [9.17, 15) is 13.0 Å². The summed E-state index contributed by atoms with van der Waals surface area (Å²) in [7, 11) is -9.13. The van der Waals surface area contributed by atoms with Gasteiger partial charge in [-0.05, 0) is 43.3 Å². The van der Waals surface area contributed by atoms with E-state index in [0.29, 0.717) is 31.5 Å². The number of nitrogens with zero attached hydrogens (tertiary/aromatic N) is 2. The monoisotopic (exact) mass is 468 g/mol. The number of ether oxygens (including phenoxy) is 2. The Morgan fingerprint density at radius 3 is 2.03 bits per heavy atom. The third-order valence-corrected chi connectivity index (χ3v) is 5.44. The highest BCUT2D eigenvalue weighted by atomic mass is 32.2. The first-order chi connectivity index (χ1) is 13.9. The molecule has 12 heteroatoms. The zero-order chi connectivity index (χ0) is 22.9. The van der Waals surface area contributed by atoms with Crippen LogP contribution in [-0.2, 0) is 23.9 Å². The Kier molecular flexibility index (Phi) is 10.7. The van der Waals surface area contributed by atoms with E-state index in [-0.39, 0.29) is 16.2 Å². The number of hydrogen-bond acceptors (Lipinski definition) is 7. The van der Waals surface area contributed by atoms with Crippen LogP contribution in [0.15, 0.2) is 24.3 Å². The summed E-state index contributed by atoms with van der Waals surface area (Å²) in [4.78, 5) is 20.1. The van der Waals surface area contributed by atoms with Gasteiger partial charge in [-0.1, -0.05) is 27.7 Å². The summed E-state index contributed by atoms with van der Waals surface area (Å²) in [6.45, 7) is 11.5. The summed E-state index contributed by atoms with van der Waals surface area (Å²) in [5.74, 6) is 0.911. The molecule has 1 aromatic carbocycles. The average molecular weight is 469 g/mol. The van der Waals surface area contributed by atoms with Gasteiger partial charge in [0, 0.05) is 6.61 Å². The Morgan fingerprint density at radius 2 is 1.60 bits per heavy atom. The number of benzene rings is 1. The summed E-state index contributed by atoms with van der Waals surface area (Å²) in [5, 5.41) is 0. The van der Waals surface area contributed by atoms with Crippen LogP contribution in [-0.4, -0.2) is 68.3 Å². The van der Waals surface area contributed by atoms with E-state index in [4.69, 9.17) is 19.3 Å². The third-order valence-electron chi connectivity index (χ3n) is 4.06. The van der Waals surface area contributed by atoms with Gasteiger partial charge in [0.1, 0.15) is 12.4 Å². The smallest absolute Gasteiger partial charge is 0.492 e. The maximum atomic E-state index is 11.8. The Morgan fingerprint density at radius 1 is 1.03 bits per heavy atom. The molecule has 1 atom stereocenters. The molecule has 0 aliphatic rings. The molecule has 0 heterocycles. The maximum Gasteiger partial charge on any atom is 0.492 e. The number of phosphoric acid groups is 1. The molecule has 10 nitrogen and oxygen atoms in total. The van der Waals surface area contributed by atoms with Crippen molar-refractivity contribution < 1.29 is 36.9 Å². The van der Waals surface area contributed by atoms with Crippen molar-refractivity contribution >= 4 is 23.5 Å². The highest BCUT2D eigenvalue weighted by molar-refractivity contribution is 7.92. The number of rotatable bonds is 14. The number of hydrogen-bond donors (Lipinski definition) is 2. The molecule has 0 aliphatic heterocycles. The van der Waals surface area contributed by atoms with Crippen LogP contribution in [0.4, 0.5) is 5.69 Å². The van der Waals surface area contributed by atoms with E-state index in [1.165, 1.54) is 24.3 Å². The molecule has 0 spiro atoms. The van der Waals surface area contributed by atoms with Crippen LogP contribution in [0.5, 0.6) is 5.75 Å². The van der Waals surface area contributed by atoms with Gasteiger partial charge in [-0.25, -0.2) is 13.0 Å².